The number of methoxy groups -OCH3 is 1. The molecule has 0 saturated heterocycles. The van der Waals surface area contributed by atoms with Gasteiger partial charge in [-0.2, -0.15) is 0 Å². The van der Waals surface area contributed by atoms with Crippen LogP contribution in [0, 0.1) is 0 Å². The van der Waals surface area contributed by atoms with E-state index < -0.39 is 21.6 Å². The minimum atomic E-state index is -3.55. The zero-order chi connectivity index (χ0) is 14.2. The molecule has 1 aliphatic rings. The number of allylic oxidation sites excluding steroid dienone is 1. The molecule has 0 atom stereocenters. The van der Waals surface area contributed by atoms with Crippen LogP contribution in [0.25, 0.3) is 5.76 Å². The lowest BCUT2D eigenvalue weighted by Gasteiger charge is -2.18. The van der Waals surface area contributed by atoms with Gasteiger partial charge in [0.1, 0.15) is 5.76 Å². The van der Waals surface area contributed by atoms with E-state index in [0.717, 1.165) is 12.3 Å². The summed E-state index contributed by atoms with van der Waals surface area (Å²) < 4.78 is 29.8. The molecule has 7 heteroatoms. The molecule has 19 heavy (non-hydrogen) atoms. The highest BCUT2D eigenvalue weighted by molar-refractivity contribution is 7.92. The highest BCUT2D eigenvalue weighted by atomic mass is 32.2. The molecule has 0 radical (unpaired) electrons. The maximum Gasteiger partial charge on any atom is 0.235 e. The molecule has 6 nitrogen and oxygen atoms in total. The highest BCUT2D eigenvalue weighted by Crippen LogP contribution is 2.31. The zero-order valence-electron chi connectivity index (χ0n) is 10.3. The van der Waals surface area contributed by atoms with E-state index in [2.05, 4.69) is 4.72 Å². The number of ketones is 2. The number of benzene rings is 1. The van der Waals surface area contributed by atoms with Crippen molar-refractivity contribution in [1.29, 1.82) is 0 Å². The maximum absolute atomic E-state index is 11.9. The Labute approximate surface area is 110 Å². The summed E-state index contributed by atoms with van der Waals surface area (Å²) in [6.07, 6.45) is 2.06. The first kappa shape index (κ1) is 13.3. The number of nitrogens with one attached hydrogen (secondary N) is 1. The first-order valence-corrected chi connectivity index (χ1v) is 7.18. The van der Waals surface area contributed by atoms with Gasteiger partial charge in [-0.05, 0) is 6.07 Å². The number of Topliss-reactive ketones (excluding diaryl/α,β-unsaturated/α-hetero) is 1. The number of anilines is 1. The Balaban J connectivity index is 2.67. The van der Waals surface area contributed by atoms with Crippen LogP contribution in [0.5, 0.6) is 0 Å². The fourth-order valence-corrected chi connectivity index (χ4v) is 2.41. The van der Waals surface area contributed by atoms with Crippen LogP contribution in [0.2, 0.25) is 0 Å². The number of sulfonamides is 1. The summed E-state index contributed by atoms with van der Waals surface area (Å²) in [6, 6.07) is 4.58. The lowest BCUT2D eigenvalue weighted by atomic mass is 9.92. The topological polar surface area (TPSA) is 89.5 Å². The molecule has 1 aromatic rings. The van der Waals surface area contributed by atoms with Gasteiger partial charge in [0, 0.05) is 11.6 Å². The van der Waals surface area contributed by atoms with Gasteiger partial charge in [-0.15, -0.1) is 0 Å². The Morgan fingerprint density at radius 3 is 2.47 bits per heavy atom. The number of hydrogen-bond donors (Lipinski definition) is 1. The molecule has 0 aliphatic heterocycles. The van der Waals surface area contributed by atoms with Crippen molar-refractivity contribution < 1.29 is 22.7 Å². The van der Waals surface area contributed by atoms with Gasteiger partial charge in [0.25, 0.3) is 0 Å². The number of rotatable bonds is 3. The fraction of sp³-hybridized carbons (Fsp3) is 0.167. The van der Waals surface area contributed by atoms with E-state index in [1.165, 1.54) is 13.2 Å². The second kappa shape index (κ2) is 4.51. The van der Waals surface area contributed by atoms with E-state index in [1.54, 1.807) is 12.1 Å². The van der Waals surface area contributed by atoms with E-state index >= 15 is 0 Å². The lowest BCUT2D eigenvalue weighted by molar-refractivity contribution is -0.111. The van der Waals surface area contributed by atoms with Gasteiger partial charge >= 0.3 is 0 Å². The summed E-state index contributed by atoms with van der Waals surface area (Å²) in [7, 11) is -2.18. The van der Waals surface area contributed by atoms with Gasteiger partial charge < -0.3 is 4.74 Å². The smallest absolute Gasteiger partial charge is 0.235 e. The Hall–Kier alpha value is -2.15. The average molecular weight is 281 g/mol. The number of hydrogen-bond acceptors (Lipinski definition) is 5. The molecular formula is C12H11NO5S. The summed E-state index contributed by atoms with van der Waals surface area (Å²) in [6.45, 7) is 0. The molecule has 0 aromatic heterocycles. The van der Waals surface area contributed by atoms with Crippen LogP contribution < -0.4 is 4.72 Å². The quantitative estimate of drug-likeness (QED) is 0.828. The summed E-state index contributed by atoms with van der Waals surface area (Å²) in [5, 5.41) is 0. The van der Waals surface area contributed by atoms with Crippen LogP contribution in [-0.4, -0.2) is 33.3 Å². The summed E-state index contributed by atoms with van der Waals surface area (Å²) in [5.41, 5.74) is 0.471. The summed E-state index contributed by atoms with van der Waals surface area (Å²) in [5.74, 6) is -1.27. The van der Waals surface area contributed by atoms with Crippen molar-refractivity contribution in [3.8, 4) is 0 Å². The monoisotopic (exact) mass is 281 g/mol. The number of carbonyl (C=O) groups excluding carboxylic acids is 2. The van der Waals surface area contributed by atoms with Crippen molar-refractivity contribution in [2.24, 2.45) is 0 Å². The van der Waals surface area contributed by atoms with Gasteiger partial charge in [0.05, 0.1) is 24.6 Å². The highest BCUT2D eigenvalue weighted by Gasteiger charge is 2.29. The minimum absolute atomic E-state index is 0.0114. The Bertz CT molecular complexity index is 703. The van der Waals surface area contributed by atoms with Crippen molar-refractivity contribution in [3.63, 3.8) is 0 Å². The van der Waals surface area contributed by atoms with Crippen molar-refractivity contribution in [3.05, 3.63) is 35.4 Å². The molecule has 0 saturated carbocycles. The molecule has 2 rings (SSSR count). The van der Waals surface area contributed by atoms with Crippen LogP contribution in [-0.2, 0) is 19.6 Å². The standard InChI is InChI=1S/C12H11NO5S/c1-18-10-6-9(14)12(15)11-7(10)4-3-5-8(11)13-19(2,16)17/h3-6,13H,1-2H3. The van der Waals surface area contributed by atoms with Crippen molar-refractivity contribution in [1.82, 2.24) is 0 Å². The Kier molecular flexibility index (Phi) is 3.15. The van der Waals surface area contributed by atoms with Gasteiger partial charge in [-0.25, -0.2) is 8.42 Å². The Morgan fingerprint density at radius 1 is 1.21 bits per heavy atom. The molecular weight excluding hydrogens is 270 g/mol. The molecule has 1 aromatic carbocycles. The normalized spacial score (nSPS) is 14.7. The molecule has 0 amide bonds. The van der Waals surface area contributed by atoms with Gasteiger partial charge in [-0.3, -0.25) is 14.3 Å². The largest absolute Gasteiger partial charge is 0.496 e. The second-order valence-electron chi connectivity index (χ2n) is 4.01. The second-order valence-corrected chi connectivity index (χ2v) is 5.76. The molecule has 0 spiro atoms. The third-order valence-corrected chi connectivity index (χ3v) is 3.15. The van der Waals surface area contributed by atoms with Gasteiger partial charge in [0.15, 0.2) is 0 Å². The number of fused-ring (bicyclic) bond motifs is 1. The van der Waals surface area contributed by atoms with E-state index in [1.807, 2.05) is 0 Å². The van der Waals surface area contributed by atoms with Gasteiger partial charge in [0.2, 0.25) is 21.6 Å². The van der Waals surface area contributed by atoms with Crippen LogP contribution >= 0.6 is 0 Å². The SMILES string of the molecule is COC1=CC(=O)C(=O)c2c(NS(C)(=O)=O)cccc21. The Morgan fingerprint density at radius 2 is 1.89 bits per heavy atom. The molecule has 0 fully saturated rings. The van der Waals surface area contributed by atoms with E-state index in [-0.39, 0.29) is 17.0 Å². The predicted octanol–water partition coefficient (Wildman–Crippen LogP) is 0.811. The first-order chi connectivity index (χ1) is 8.83. The predicted molar refractivity (Wildman–Crippen MR) is 69.2 cm³/mol. The number of carbonyl (C=O) groups is 2. The van der Waals surface area contributed by atoms with Crippen LogP contribution in [0.15, 0.2) is 24.3 Å². The minimum Gasteiger partial charge on any atom is -0.496 e. The van der Waals surface area contributed by atoms with Crippen LogP contribution in [0.4, 0.5) is 5.69 Å². The molecule has 100 valence electrons. The van der Waals surface area contributed by atoms with Crippen molar-refractivity contribution in [2.45, 2.75) is 0 Å². The van der Waals surface area contributed by atoms with E-state index in [9.17, 15) is 18.0 Å². The van der Waals surface area contributed by atoms with Crippen LogP contribution in [0.3, 0.4) is 0 Å². The zero-order valence-corrected chi connectivity index (χ0v) is 11.1. The summed E-state index contributed by atoms with van der Waals surface area (Å²) in [4.78, 5) is 23.5. The van der Waals surface area contributed by atoms with Gasteiger partial charge in [-0.1, -0.05) is 12.1 Å². The maximum atomic E-state index is 11.9. The van der Waals surface area contributed by atoms with E-state index in [0.29, 0.717) is 5.56 Å². The molecule has 0 heterocycles. The van der Waals surface area contributed by atoms with E-state index in [4.69, 9.17) is 4.74 Å². The summed E-state index contributed by atoms with van der Waals surface area (Å²) >= 11 is 0. The lowest BCUT2D eigenvalue weighted by Crippen LogP contribution is -2.22. The molecule has 1 aliphatic carbocycles. The first-order valence-electron chi connectivity index (χ1n) is 5.29. The molecule has 0 bridgehead atoms. The third-order valence-electron chi connectivity index (χ3n) is 2.56. The van der Waals surface area contributed by atoms with Crippen molar-refractivity contribution >= 4 is 33.0 Å². The molecule has 1 N–H and O–H groups in total. The van der Waals surface area contributed by atoms with Crippen molar-refractivity contribution in [2.75, 3.05) is 18.1 Å². The van der Waals surface area contributed by atoms with Crippen LogP contribution in [0.1, 0.15) is 15.9 Å². The third kappa shape index (κ3) is 2.50. The fourth-order valence-electron chi connectivity index (χ4n) is 1.84. The average Bonchev–Trinajstić information content (AvgIpc) is 2.31. The molecule has 0 unspecified atom stereocenters. The number of ether oxygens (including phenoxy) is 1.